The highest BCUT2D eigenvalue weighted by molar-refractivity contribution is 9.10. The minimum absolute atomic E-state index is 0.0204. The molecule has 0 saturated heterocycles. The number of aliphatic hydroxyl groups is 1. The second kappa shape index (κ2) is 8.65. The van der Waals surface area contributed by atoms with Gasteiger partial charge in [0.1, 0.15) is 5.82 Å². The van der Waals surface area contributed by atoms with Gasteiger partial charge in [0.15, 0.2) is 0 Å². The summed E-state index contributed by atoms with van der Waals surface area (Å²) >= 11 is 3.38. The van der Waals surface area contributed by atoms with Gasteiger partial charge < -0.3 is 15.7 Å². The van der Waals surface area contributed by atoms with E-state index < -0.39 is 16.1 Å². The first-order chi connectivity index (χ1) is 13.3. The highest BCUT2D eigenvalue weighted by atomic mass is 79.9. The Kier molecular flexibility index (Phi) is 6.25. The zero-order chi connectivity index (χ0) is 20.1. The van der Waals surface area contributed by atoms with Crippen LogP contribution >= 0.6 is 15.9 Å². The van der Waals surface area contributed by atoms with Gasteiger partial charge in [-0.1, -0.05) is 30.3 Å². The summed E-state index contributed by atoms with van der Waals surface area (Å²) in [6, 6.07) is 15.2. The molecule has 8 nitrogen and oxygen atoms in total. The molecule has 0 spiro atoms. The second-order valence-electron chi connectivity index (χ2n) is 5.89. The largest absolute Gasteiger partial charge is 0.387 e. The Bertz CT molecular complexity index is 1050. The van der Waals surface area contributed by atoms with E-state index in [9.17, 15) is 13.5 Å². The number of aliphatic hydroxyl groups excluding tert-OH is 1. The van der Waals surface area contributed by atoms with E-state index in [1.165, 1.54) is 12.1 Å². The molecule has 0 aliphatic carbocycles. The third-order valence-electron chi connectivity index (χ3n) is 3.83. The van der Waals surface area contributed by atoms with Crippen molar-refractivity contribution in [2.45, 2.75) is 11.0 Å². The second-order valence-corrected chi connectivity index (χ2v) is 8.31. The maximum Gasteiger partial charge on any atom is 0.238 e. The molecule has 0 amide bonds. The average Bonchev–Trinajstić information content (AvgIpc) is 2.68. The first kappa shape index (κ1) is 20.2. The van der Waals surface area contributed by atoms with Crippen LogP contribution in [0, 0.1) is 0 Å². The van der Waals surface area contributed by atoms with Crippen LogP contribution in [0.5, 0.6) is 0 Å². The van der Waals surface area contributed by atoms with E-state index in [-0.39, 0.29) is 11.4 Å². The number of sulfonamides is 1. The van der Waals surface area contributed by atoms with Crippen molar-refractivity contribution in [3.05, 3.63) is 70.8 Å². The van der Waals surface area contributed by atoms with Crippen LogP contribution in [0.15, 0.2) is 70.2 Å². The van der Waals surface area contributed by atoms with Crippen LogP contribution in [0.2, 0.25) is 0 Å². The Morgan fingerprint density at radius 2 is 1.79 bits per heavy atom. The molecule has 1 atom stereocenters. The van der Waals surface area contributed by atoms with Crippen molar-refractivity contribution in [2.24, 2.45) is 5.14 Å². The first-order valence-corrected chi connectivity index (χ1v) is 10.6. The number of nitrogens with one attached hydrogen (secondary N) is 2. The van der Waals surface area contributed by atoms with Crippen molar-refractivity contribution >= 4 is 43.4 Å². The van der Waals surface area contributed by atoms with Crippen molar-refractivity contribution in [3.8, 4) is 0 Å². The monoisotopic (exact) mass is 463 g/mol. The van der Waals surface area contributed by atoms with Crippen molar-refractivity contribution in [2.75, 3.05) is 17.2 Å². The smallest absolute Gasteiger partial charge is 0.238 e. The van der Waals surface area contributed by atoms with Crippen LogP contribution in [0.3, 0.4) is 0 Å². The maximum atomic E-state index is 11.3. The molecule has 0 unspecified atom stereocenters. The normalized spacial score (nSPS) is 12.4. The molecule has 0 fully saturated rings. The van der Waals surface area contributed by atoms with Crippen molar-refractivity contribution in [1.29, 1.82) is 0 Å². The van der Waals surface area contributed by atoms with Gasteiger partial charge in [-0.3, -0.25) is 0 Å². The summed E-state index contributed by atoms with van der Waals surface area (Å²) in [5, 5.41) is 21.4. The molecule has 1 aromatic heterocycles. The first-order valence-electron chi connectivity index (χ1n) is 8.22. The molecule has 146 valence electrons. The lowest BCUT2D eigenvalue weighted by Crippen LogP contribution is -2.14. The minimum atomic E-state index is -3.74. The molecule has 0 saturated carbocycles. The number of hydrogen-bond donors (Lipinski definition) is 4. The van der Waals surface area contributed by atoms with Gasteiger partial charge in [-0.25, -0.2) is 18.5 Å². The van der Waals surface area contributed by atoms with Crippen LogP contribution < -0.4 is 15.8 Å². The molecular weight excluding hydrogens is 446 g/mol. The zero-order valence-corrected chi connectivity index (χ0v) is 17.0. The molecule has 3 rings (SSSR count). The van der Waals surface area contributed by atoms with Crippen LogP contribution in [0.4, 0.5) is 17.5 Å². The van der Waals surface area contributed by atoms with Gasteiger partial charge in [0.05, 0.1) is 15.5 Å². The number of benzene rings is 2. The number of anilines is 3. The molecule has 5 N–H and O–H groups in total. The summed E-state index contributed by atoms with van der Waals surface area (Å²) in [5.74, 6) is 0.817. The Morgan fingerprint density at radius 1 is 1.11 bits per heavy atom. The molecule has 3 aromatic rings. The summed E-state index contributed by atoms with van der Waals surface area (Å²) in [6.07, 6.45) is 0.885. The minimum Gasteiger partial charge on any atom is -0.387 e. The topological polar surface area (TPSA) is 130 Å². The highest BCUT2D eigenvalue weighted by Crippen LogP contribution is 2.23. The fourth-order valence-electron chi connectivity index (χ4n) is 2.39. The number of aromatic nitrogens is 2. The van der Waals surface area contributed by atoms with Gasteiger partial charge in [-0.15, -0.1) is 0 Å². The Balaban J connectivity index is 1.69. The fourth-order valence-corrected chi connectivity index (χ4v) is 3.24. The molecular formula is C18H18BrN5O3S. The van der Waals surface area contributed by atoms with Crippen molar-refractivity contribution in [1.82, 2.24) is 9.97 Å². The summed E-state index contributed by atoms with van der Waals surface area (Å²) in [4.78, 5) is 8.57. The quantitative estimate of drug-likeness (QED) is 0.423. The predicted octanol–water partition coefficient (Wildman–Crippen LogP) is 2.78. The number of halogens is 1. The summed E-state index contributed by atoms with van der Waals surface area (Å²) in [6.45, 7) is 0.266. The van der Waals surface area contributed by atoms with Crippen molar-refractivity contribution < 1.29 is 13.5 Å². The highest BCUT2D eigenvalue weighted by Gasteiger charge is 2.11. The van der Waals surface area contributed by atoms with E-state index in [0.29, 0.717) is 21.9 Å². The Hall–Kier alpha value is -2.53. The van der Waals surface area contributed by atoms with E-state index >= 15 is 0 Å². The number of hydrogen-bond acceptors (Lipinski definition) is 7. The number of rotatable bonds is 7. The molecule has 10 heteroatoms. The van der Waals surface area contributed by atoms with Gasteiger partial charge in [0, 0.05) is 18.4 Å². The molecule has 2 aromatic carbocycles. The number of primary sulfonamides is 1. The predicted molar refractivity (Wildman–Crippen MR) is 111 cm³/mol. The average molecular weight is 464 g/mol. The van der Waals surface area contributed by atoms with Gasteiger partial charge in [0.25, 0.3) is 0 Å². The SMILES string of the molecule is NS(=O)(=O)c1ccc(Nc2ncc(Br)c(NC[C@H](O)c3ccccc3)n2)cc1. The van der Waals surface area contributed by atoms with Gasteiger partial charge >= 0.3 is 0 Å². The third kappa shape index (κ3) is 5.26. The van der Waals surface area contributed by atoms with Gasteiger partial charge in [0.2, 0.25) is 16.0 Å². The van der Waals surface area contributed by atoms with E-state index in [0.717, 1.165) is 5.56 Å². The van der Waals surface area contributed by atoms with E-state index in [1.54, 1.807) is 18.3 Å². The Labute approximate surface area is 171 Å². The van der Waals surface area contributed by atoms with E-state index in [1.807, 2.05) is 30.3 Å². The van der Waals surface area contributed by atoms with Crippen LogP contribution in [-0.2, 0) is 10.0 Å². The number of nitrogens with two attached hydrogens (primary N) is 1. The molecule has 28 heavy (non-hydrogen) atoms. The van der Waals surface area contributed by atoms with Crippen LogP contribution in [-0.4, -0.2) is 30.0 Å². The summed E-state index contributed by atoms with van der Waals surface area (Å²) < 4.78 is 23.3. The van der Waals surface area contributed by atoms with E-state index in [2.05, 4.69) is 36.5 Å². The van der Waals surface area contributed by atoms with Crippen LogP contribution in [0.25, 0.3) is 0 Å². The van der Waals surface area contributed by atoms with Gasteiger partial charge in [-0.2, -0.15) is 4.98 Å². The molecule has 0 aliphatic heterocycles. The van der Waals surface area contributed by atoms with Crippen LogP contribution in [0.1, 0.15) is 11.7 Å². The zero-order valence-electron chi connectivity index (χ0n) is 14.6. The standard InChI is InChI=1S/C18H18BrN5O3S/c19-15-10-22-18(23-13-6-8-14(9-7-13)28(20,26)27)24-17(15)21-11-16(25)12-4-2-1-3-5-12/h1-10,16,25H,11H2,(H2,20,26,27)(H2,21,22,23,24)/t16-/m0/s1. The van der Waals surface area contributed by atoms with Gasteiger partial charge in [-0.05, 0) is 45.8 Å². The van der Waals surface area contributed by atoms with E-state index in [4.69, 9.17) is 5.14 Å². The molecule has 0 aliphatic rings. The van der Waals surface area contributed by atoms with Crippen molar-refractivity contribution in [3.63, 3.8) is 0 Å². The molecule has 0 radical (unpaired) electrons. The maximum absolute atomic E-state index is 11.3. The fraction of sp³-hybridized carbons (Fsp3) is 0.111. The third-order valence-corrected chi connectivity index (χ3v) is 5.34. The Morgan fingerprint density at radius 3 is 2.43 bits per heavy atom. The lowest BCUT2D eigenvalue weighted by Gasteiger charge is -2.14. The summed E-state index contributed by atoms with van der Waals surface area (Å²) in [5.41, 5.74) is 1.40. The molecule has 1 heterocycles. The molecule has 0 bridgehead atoms. The number of nitrogens with zero attached hydrogens (tertiary/aromatic N) is 2. The lowest BCUT2D eigenvalue weighted by atomic mass is 10.1. The summed E-state index contributed by atoms with van der Waals surface area (Å²) in [7, 11) is -3.74. The lowest BCUT2D eigenvalue weighted by molar-refractivity contribution is 0.191.